The van der Waals surface area contributed by atoms with Crippen molar-refractivity contribution in [2.75, 3.05) is 18.5 Å². The first-order valence-corrected chi connectivity index (χ1v) is 7.17. The molecule has 122 valence electrons. The van der Waals surface area contributed by atoms with Gasteiger partial charge in [0, 0.05) is 43.0 Å². The largest absolute Gasteiger partial charge is 0.507 e. The van der Waals surface area contributed by atoms with E-state index in [9.17, 15) is 18.7 Å². The molecule has 0 radical (unpaired) electrons. The van der Waals surface area contributed by atoms with Crippen molar-refractivity contribution in [2.24, 2.45) is 0 Å². The van der Waals surface area contributed by atoms with E-state index in [0.717, 1.165) is 18.5 Å². The number of nitrogens with zero attached hydrogens (tertiary/aromatic N) is 1. The number of hydrogen-bond acceptors (Lipinski definition) is 4. The van der Waals surface area contributed by atoms with E-state index < -0.39 is 28.9 Å². The number of phenols is 1. The van der Waals surface area contributed by atoms with Gasteiger partial charge < -0.3 is 15.2 Å². The zero-order valence-electron chi connectivity index (χ0n) is 12.1. The molecule has 1 saturated heterocycles. The quantitative estimate of drug-likeness (QED) is 0.810. The average Bonchev–Trinajstić information content (AvgIpc) is 2.95. The lowest BCUT2D eigenvalue weighted by atomic mass is 9.97. The Hall–Kier alpha value is -2.48. The Morgan fingerprint density at radius 2 is 2.04 bits per heavy atom. The smallest absolute Gasteiger partial charge is 0.263 e. The second-order valence-corrected chi connectivity index (χ2v) is 5.33. The number of amides is 1. The third-order valence-electron chi connectivity index (χ3n) is 3.76. The molecule has 3 N–H and O–H groups in total. The van der Waals surface area contributed by atoms with E-state index in [0.29, 0.717) is 25.3 Å². The lowest BCUT2D eigenvalue weighted by Crippen LogP contribution is -2.15. The molecule has 2 aromatic rings. The molecule has 2 heterocycles. The number of ether oxygens (including phenoxy) is 1. The molecule has 0 bridgehead atoms. The van der Waals surface area contributed by atoms with Crippen molar-refractivity contribution in [2.45, 2.75) is 18.8 Å². The number of aromatic nitrogens is 2. The van der Waals surface area contributed by atoms with Crippen LogP contribution in [-0.4, -0.2) is 34.4 Å². The molecule has 1 aliphatic rings. The summed E-state index contributed by atoms with van der Waals surface area (Å²) in [5.74, 6) is -3.29. The minimum absolute atomic E-state index is 0.208. The van der Waals surface area contributed by atoms with Gasteiger partial charge in [0.15, 0.2) is 5.82 Å². The van der Waals surface area contributed by atoms with Crippen LogP contribution in [-0.2, 0) is 4.74 Å². The monoisotopic (exact) mass is 323 g/mol. The first-order valence-electron chi connectivity index (χ1n) is 7.17. The predicted octanol–water partition coefficient (Wildman–Crippen LogP) is 2.54. The fourth-order valence-corrected chi connectivity index (χ4v) is 2.58. The van der Waals surface area contributed by atoms with E-state index in [1.807, 2.05) is 0 Å². The highest BCUT2D eigenvalue weighted by Gasteiger charge is 2.21. The van der Waals surface area contributed by atoms with Gasteiger partial charge in [0.25, 0.3) is 5.91 Å². The molecular weight excluding hydrogens is 308 g/mol. The summed E-state index contributed by atoms with van der Waals surface area (Å²) in [6.45, 7) is 1.33. The molecule has 0 aliphatic carbocycles. The maximum Gasteiger partial charge on any atom is 0.263 e. The van der Waals surface area contributed by atoms with Crippen LogP contribution in [0.2, 0.25) is 0 Å². The molecule has 8 heteroatoms. The third kappa shape index (κ3) is 3.31. The average molecular weight is 323 g/mol. The summed E-state index contributed by atoms with van der Waals surface area (Å²) >= 11 is 0. The van der Waals surface area contributed by atoms with Gasteiger partial charge in [-0.2, -0.15) is 5.10 Å². The molecule has 0 atom stereocenters. The number of aromatic hydroxyl groups is 1. The molecule has 0 saturated carbocycles. The van der Waals surface area contributed by atoms with Gasteiger partial charge in [-0.3, -0.25) is 9.89 Å². The number of carbonyl (C=O) groups excluding carboxylic acids is 1. The van der Waals surface area contributed by atoms with Crippen LogP contribution in [0.15, 0.2) is 18.2 Å². The predicted molar refractivity (Wildman–Crippen MR) is 77.4 cm³/mol. The highest BCUT2D eigenvalue weighted by molar-refractivity contribution is 6.05. The fourth-order valence-electron chi connectivity index (χ4n) is 2.58. The number of benzene rings is 1. The van der Waals surface area contributed by atoms with E-state index in [-0.39, 0.29) is 11.7 Å². The molecule has 1 fully saturated rings. The number of anilines is 1. The van der Waals surface area contributed by atoms with Gasteiger partial charge in [-0.05, 0) is 12.8 Å². The molecular formula is C15H15F2N3O3. The minimum Gasteiger partial charge on any atom is -0.507 e. The van der Waals surface area contributed by atoms with Crippen LogP contribution in [0.1, 0.15) is 34.8 Å². The number of H-pyrrole nitrogens is 1. The van der Waals surface area contributed by atoms with Gasteiger partial charge in [0.05, 0.1) is 0 Å². The van der Waals surface area contributed by atoms with Crippen molar-refractivity contribution >= 4 is 11.7 Å². The van der Waals surface area contributed by atoms with Gasteiger partial charge in [-0.25, -0.2) is 8.78 Å². The number of nitrogens with one attached hydrogen (secondary N) is 2. The Balaban J connectivity index is 1.75. The first-order chi connectivity index (χ1) is 11.0. The van der Waals surface area contributed by atoms with Crippen molar-refractivity contribution in [3.05, 3.63) is 41.1 Å². The fraction of sp³-hybridized carbons (Fsp3) is 0.333. The second-order valence-electron chi connectivity index (χ2n) is 5.33. The highest BCUT2D eigenvalue weighted by atomic mass is 19.1. The van der Waals surface area contributed by atoms with Gasteiger partial charge in [0.1, 0.15) is 22.9 Å². The van der Waals surface area contributed by atoms with E-state index in [4.69, 9.17) is 4.74 Å². The lowest BCUT2D eigenvalue weighted by molar-refractivity contribution is 0.0845. The summed E-state index contributed by atoms with van der Waals surface area (Å²) in [5.41, 5.74) is 0.231. The maximum atomic E-state index is 13.7. The molecule has 1 amide bonds. The number of rotatable bonds is 3. The van der Waals surface area contributed by atoms with Gasteiger partial charge in [-0.15, -0.1) is 0 Å². The Labute approximate surface area is 130 Å². The maximum absolute atomic E-state index is 13.7. The van der Waals surface area contributed by atoms with Crippen LogP contribution < -0.4 is 5.32 Å². The van der Waals surface area contributed by atoms with Gasteiger partial charge >= 0.3 is 0 Å². The Kier molecular flexibility index (Phi) is 4.24. The molecule has 0 spiro atoms. The van der Waals surface area contributed by atoms with E-state index >= 15 is 0 Å². The van der Waals surface area contributed by atoms with Crippen LogP contribution in [0, 0.1) is 11.6 Å². The molecule has 6 nitrogen and oxygen atoms in total. The highest BCUT2D eigenvalue weighted by Crippen LogP contribution is 2.27. The molecule has 3 rings (SSSR count). The summed E-state index contributed by atoms with van der Waals surface area (Å²) < 4.78 is 31.9. The Bertz CT molecular complexity index is 704. The molecule has 1 aromatic heterocycles. The number of carbonyl (C=O) groups is 1. The third-order valence-corrected chi connectivity index (χ3v) is 3.76. The Morgan fingerprint density at radius 1 is 1.30 bits per heavy atom. The van der Waals surface area contributed by atoms with Crippen LogP contribution in [0.5, 0.6) is 5.75 Å². The van der Waals surface area contributed by atoms with Crippen molar-refractivity contribution in [3.63, 3.8) is 0 Å². The Morgan fingerprint density at radius 3 is 2.74 bits per heavy atom. The van der Waals surface area contributed by atoms with Crippen molar-refractivity contribution in [1.29, 1.82) is 0 Å². The van der Waals surface area contributed by atoms with E-state index in [1.54, 1.807) is 6.07 Å². The van der Waals surface area contributed by atoms with Crippen molar-refractivity contribution < 1.29 is 23.4 Å². The summed E-state index contributed by atoms with van der Waals surface area (Å²) in [5, 5.41) is 18.7. The van der Waals surface area contributed by atoms with Crippen molar-refractivity contribution in [3.8, 4) is 5.75 Å². The number of phenolic OH excluding ortho intramolecular Hbond substituents is 1. The molecule has 23 heavy (non-hydrogen) atoms. The second kappa shape index (κ2) is 6.33. The van der Waals surface area contributed by atoms with Crippen LogP contribution in [0.4, 0.5) is 14.6 Å². The number of aromatic amines is 1. The minimum atomic E-state index is -1.14. The van der Waals surface area contributed by atoms with E-state index in [2.05, 4.69) is 15.5 Å². The summed E-state index contributed by atoms with van der Waals surface area (Å²) in [6.07, 6.45) is 1.70. The zero-order chi connectivity index (χ0) is 16.4. The molecule has 0 unspecified atom stereocenters. The SMILES string of the molecule is O=C(Nc1cc(C2CCOCC2)[nH]n1)c1c(O)cc(F)cc1F. The first kappa shape index (κ1) is 15.4. The number of hydrogen-bond donors (Lipinski definition) is 3. The zero-order valence-corrected chi connectivity index (χ0v) is 12.1. The van der Waals surface area contributed by atoms with Gasteiger partial charge in [0.2, 0.25) is 0 Å². The number of halogens is 2. The summed E-state index contributed by atoms with van der Waals surface area (Å²) in [7, 11) is 0. The normalized spacial score (nSPS) is 15.6. The molecule has 1 aromatic carbocycles. The van der Waals surface area contributed by atoms with Crippen LogP contribution >= 0.6 is 0 Å². The van der Waals surface area contributed by atoms with Gasteiger partial charge in [-0.1, -0.05) is 0 Å². The molecule has 1 aliphatic heterocycles. The summed E-state index contributed by atoms with van der Waals surface area (Å²) in [6, 6.07) is 2.87. The van der Waals surface area contributed by atoms with Crippen LogP contribution in [0.25, 0.3) is 0 Å². The standard InChI is InChI=1S/C15H15F2N3O3/c16-9-5-10(17)14(12(21)6-9)15(22)18-13-7-11(19-20-13)8-1-3-23-4-2-8/h5-8,21H,1-4H2,(H2,18,19,20,22). The van der Waals surface area contributed by atoms with E-state index in [1.165, 1.54) is 0 Å². The van der Waals surface area contributed by atoms with Crippen LogP contribution in [0.3, 0.4) is 0 Å². The summed E-state index contributed by atoms with van der Waals surface area (Å²) in [4.78, 5) is 12.0. The lowest BCUT2D eigenvalue weighted by Gasteiger charge is -2.20. The topological polar surface area (TPSA) is 87.2 Å². The van der Waals surface area contributed by atoms with Crippen molar-refractivity contribution in [1.82, 2.24) is 10.2 Å².